The van der Waals surface area contributed by atoms with E-state index in [1.807, 2.05) is 18.2 Å². The third-order valence-corrected chi connectivity index (χ3v) is 3.03. The van der Waals surface area contributed by atoms with Gasteiger partial charge in [-0.1, -0.05) is 22.0 Å². The summed E-state index contributed by atoms with van der Waals surface area (Å²) in [5, 5.41) is 8.95. The maximum Gasteiger partial charge on any atom is 0.130 e. The van der Waals surface area contributed by atoms with E-state index in [1.165, 1.54) is 5.56 Å². The summed E-state index contributed by atoms with van der Waals surface area (Å²) < 4.78 is 1.05. The van der Waals surface area contributed by atoms with Crippen molar-refractivity contribution in [1.29, 1.82) is 5.26 Å². The Balaban J connectivity index is 2.57. The van der Waals surface area contributed by atoms with E-state index in [-0.39, 0.29) is 0 Å². The lowest BCUT2D eigenvalue weighted by Crippen LogP contribution is -2.31. The second-order valence-corrected chi connectivity index (χ2v) is 4.30. The minimum absolute atomic E-state index is 0.731. The van der Waals surface area contributed by atoms with Crippen molar-refractivity contribution >= 4 is 15.9 Å². The van der Waals surface area contributed by atoms with Crippen LogP contribution in [0.15, 0.2) is 22.7 Å². The molecule has 0 radical (unpaired) electrons. The van der Waals surface area contributed by atoms with Crippen LogP contribution < -0.4 is 5.73 Å². The summed E-state index contributed by atoms with van der Waals surface area (Å²) in [7, 11) is 0. The van der Waals surface area contributed by atoms with E-state index in [9.17, 15) is 0 Å². The number of hydrogen-bond acceptors (Lipinski definition) is 2. The molecule has 0 bridgehead atoms. The van der Waals surface area contributed by atoms with Gasteiger partial charge < -0.3 is 5.73 Å². The van der Waals surface area contributed by atoms with Crippen LogP contribution in [0.3, 0.4) is 0 Å². The molecule has 0 saturated carbocycles. The van der Waals surface area contributed by atoms with Crippen molar-refractivity contribution in [2.24, 2.45) is 5.73 Å². The molecule has 0 heterocycles. The number of aryl methyl sites for hydroxylation is 1. The van der Waals surface area contributed by atoms with Crippen LogP contribution in [0.1, 0.15) is 17.5 Å². The highest BCUT2D eigenvalue weighted by Gasteiger charge is 2.34. The summed E-state index contributed by atoms with van der Waals surface area (Å²) >= 11 is 3.40. The predicted octanol–water partition coefficient (Wildman–Crippen LogP) is 2.07. The zero-order valence-corrected chi connectivity index (χ0v) is 8.63. The maximum absolute atomic E-state index is 8.95. The summed E-state index contributed by atoms with van der Waals surface area (Å²) in [5.41, 5.74) is 7.37. The van der Waals surface area contributed by atoms with Crippen LogP contribution in [0.2, 0.25) is 0 Å². The van der Waals surface area contributed by atoms with Crippen molar-refractivity contribution in [2.75, 3.05) is 0 Å². The highest BCUT2D eigenvalue weighted by Crippen LogP contribution is 2.35. The fourth-order valence-electron chi connectivity index (χ4n) is 1.79. The van der Waals surface area contributed by atoms with Crippen molar-refractivity contribution in [3.63, 3.8) is 0 Å². The zero-order chi connectivity index (χ0) is 9.47. The zero-order valence-electron chi connectivity index (χ0n) is 7.05. The Bertz CT molecular complexity index is 394. The van der Waals surface area contributed by atoms with Gasteiger partial charge in [0.25, 0.3) is 0 Å². The molecule has 13 heavy (non-hydrogen) atoms. The predicted molar refractivity (Wildman–Crippen MR) is 53.9 cm³/mol. The first-order valence-electron chi connectivity index (χ1n) is 4.15. The van der Waals surface area contributed by atoms with E-state index >= 15 is 0 Å². The highest BCUT2D eigenvalue weighted by molar-refractivity contribution is 9.10. The average Bonchev–Trinajstić information content (AvgIpc) is 2.45. The number of hydrogen-bond donors (Lipinski definition) is 1. The van der Waals surface area contributed by atoms with E-state index < -0.39 is 5.54 Å². The Morgan fingerprint density at radius 1 is 1.54 bits per heavy atom. The first-order chi connectivity index (χ1) is 6.15. The molecule has 0 fully saturated rings. The van der Waals surface area contributed by atoms with Gasteiger partial charge in [0.1, 0.15) is 5.54 Å². The van der Waals surface area contributed by atoms with E-state index in [4.69, 9.17) is 11.0 Å². The summed E-state index contributed by atoms with van der Waals surface area (Å²) in [6.45, 7) is 0. The Labute approximate surface area is 85.5 Å². The number of halogens is 1. The lowest BCUT2D eigenvalue weighted by atomic mass is 9.95. The SMILES string of the molecule is N#CC1(N)CCc2cc(Br)ccc21. The Kier molecular flexibility index (Phi) is 1.90. The third-order valence-electron chi connectivity index (χ3n) is 2.54. The number of rotatable bonds is 0. The molecule has 2 rings (SSSR count). The molecular formula is C10H9BrN2. The molecule has 1 unspecified atom stereocenters. The Morgan fingerprint density at radius 3 is 3.00 bits per heavy atom. The number of nitriles is 1. The van der Waals surface area contributed by atoms with Gasteiger partial charge in [-0.05, 0) is 36.1 Å². The molecule has 0 saturated heterocycles. The van der Waals surface area contributed by atoms with Crippen LogP contribution in [0.5, 0.6) is 0 Å². The molecule has 1 atom stereocenters. The van der Waals surface area contributed by atoms with Gasteiger partial charge in [-0.2, -0.15) is 5.26 Å². The van der Waals surface area contributed by atoms with Gasteiger partial charge >= 0.3 is 0 Å². The number of nitrogens with two attached hydrogens (primary N) is 1. The third kappa shape index (κ3) is 1.27. The largest absolute Gasteiger partial charge is 0.310 e. The van der Waals surface area contributed by atoms with Crippen molar-refractivity contribution in [3.05, 3.63) is 33.8 Å². The number of nitrogens with zero attached hydrogens (tertiary/aromatic N) is 1. The molecule has 66 valence electrons. The van der Waals surface area contributed by atoms with Crippen LogP contribution in [0.4, 0.5) is 0 Å². The molecule has 3 heteroatoms. The molecule has 1 aromatic carbocycles. The number of fused-ring (bicyclic) bond motifs is 1. The van der Waals surface area contributed by atoms with Crippen LogP contribution >= 0.6 is 15.9 Å². The molecule has 1 aliphatic carbocycles. The van der Waals surface area contributed by atoms with Gasteiger partial charge in [0.15, 0.2) is 0 Å². The fraction of sp³-hybridized carbons (Fsp3) is 0.300. The van der Waals surface area contributed by atoms with Crippen molar-refractivity contribution < 1.29 is 0 Å². The second-order valence-electron chi connectivity index (χ2n) is 3.38. The molecule has 2 N–H and O–H groups in total. The van der Waals surface area contributed by atoms with E-state index in [2.05, 4.69) is 22.0 Å². The lowest BCUT2D eigenvalue weighted by molar-refractivity contribution is 0.571. The van der Waals surface area contributed by atoms with Gasteiger partial charge in [0, 0.05) is 4.47 Å². The highest BCUT2D eigenvalue weighted by atomic mass is 79.9. The van der Waals surface area contributed by atoms with Crippen LogP contribution in [0.25, 0.3) is 0 Å². The van der Waals surface area contributed by atoms with Gasteiger partial charge in [0.05, 0.1) is 6.07 Å². The van der Waals surface area contributed by atoms with Gasteiger partial charge in [-0.3, -0.25) is 0 Å². The molecule has 1 aromatic rings. The van der Waals surface area contributed by atoms with Gasteiger partial charge in [-0.15, -0.1) is 0 Å². The van der Waals surface area contributed by atoms with Crippen molar-refractivity contribution in [3.8, 4) is 6.07 Å². The lowest BCUT2D eigenvalue weighted by Gasteiger charge is -2.14. The number of benzene rings is 1. The van der Waals surface area contributed by atoms with Gasteiger partial charge in [0.2, 0.25) is 0 Å². The Morgan fingerprint density at radius 2 is 2.31 bits per heavy atom. The summed E-state index contributed by atoms with van der Waals surface area (Å²) in [6, 6.07) is 8.10. The maximum atomic E-state index is 8.95. The van der Waals surface area contributed by atoms with E-state index in [0.29, 0.717) is 0 Å². The second kappa shape index (κ2) is 2.83. The molecule has 0 aliphatic heterocycles. The summed E-state index contributed by atoms with van der Waals surface area (Å²) in [4.78, 5) is 0. The van der Waals surface area contributed by atoms with Crippen LogP contribution in [-0.2, 0) is 12.0 Å². The monoisotopic (exact) mass is 236 g/mol. The topological polar surface area (TPSA) is 49.8 Å². The minimum atomic E-state index is -0.754. The average molecular weight is 237 g/mol. The molecule has 0 aromatic heterocycles. The molecular weight excluding hydrogens is 228 g/mol. The quantitative estimate of drug-likeness (QED) is 0.750. The summed E-state index contributed by atoms with van der Waals surface area (Å²) in [6.07, 6.45) is 1.63. The molecule has 0 spiro atoms. The fourth-order valence-corrected chi connectivity index (χ4v) is 2.20. The molecule has 2 nitrogen and oxygen atoms in total. The first-order valence-corrected chi connectivity index (χ1v) is 4.94. The Hall–Kier alpha value is -0.850. The van der Waals surface area contributed by atoms with Gasteiger partial charge in [-0.25, -0.2) is 0 Å². The smallest absolute Gasteiger partial charge is 0.130 e. The standard InChI is InChI=1S/C10H9BrN2/c11-8-1-2-9-7(5-8)3-4-10(9,13)6-12/h1-2,5H,3-4,13H2. The molecule has 1 aliphatic rings. The van der Waals surface area contributed by atoms with Crippen LogP contribution in [0, 0.1) is 11.3 Å². The van der Waals surface area contributed by atoms with Crippen molar-refractivity contribution in [2.45, 2.75) is 18.4 Å². The van der Waals surface area contributed by atoms with Crippen LogP contribution in [-0.4, -0.2) is 0 Å². The van der Waals surface area contributed by atoms with Crippen molar-refractivity contribution in [1.82, 2.24) is 0 Å². The van der Waals surface area contributed by atoms with E-state index in [1.54, 1.807) is 0 Å². The van der Waals surface area contributed by atoms with E-state index in [0.717, 1.165) is 22.9 Å². The minimum Gasteiger partial charge on any atom is -0.310 e. The normalized spacial score (nSPS) is 25.3. The summed E-state index contributed by atoms with van der Waals surface area (Å²) in [5.74, 6) is 0. The molecule has 0 amide bonds. The first kappa shape index (κ1) is 8.74.